The van der Waals surface area contributed by atoms with E-state index in [-0.39, 0.29) is 11.0 Å². The second-order valence-corrected chi connectivity index (χ2v) is 13.0. The van der Waals surface area contributed by atoms with E-state index in [1.807, 2.05) is 0 Å². The van der Waals surface area contributed by atoms with Gasteiger partial charge in [-0.3, -0.25) is 0 Å². The first-order valence-corrected chi connectivity index (χ1v) is 14.6. The average Bonchev–Trinajstić information content (AvgIpc) is 3.50. The topological polar surface area (TPSA) is 6.48 Å². The van der Waals surface area contributed by atoms with Crippen LogP contribution in [0.2, 0.25) is 0 Å². The molecule has 0 amide bonds. The molecule has 0 bridgehead atoms. The van der Waals surface area contributed by atoms with Gasteiger partial charge in [0, 0.05) is 39.4 Å². The summed E-state index contributed by atoms with van der Waals surface area (Å²) in [4.78, 5) is 4.77. The van der Waals surface area contributed by atoms with Crippen LogP contribution in [0.15, 0.2) is 115 Å². The zero-order valence-electron chi connectivity index (χ0n) is 25.4. The van der Waals surface area contributed by atoms with Gasteiger partial charge in [0.25, 0.3) is 0 Å². The maximum atomic E-state index is 2.41. The van der Waals surface area contributed by atoms with Crippen LogP contribution >= 0.6 is 0 Å². The summed E-state index contributed by atoms with van der Waals surface area (Å²) in [7, 11) is 0. The quantitative estimate of drug-likeness (QED) is 0.213. The van der Waals surface area contributed by atoms with E-state index in [0.29, 0.717) is 0 Å². The highest BCUT2D eigenvalue weighted by Gasteiger charge is 2.41. The Morgan fingerprint density at radius 1 is 0.463 bits per heavy atom. The highest BCUT2D eigenvalue weighted by atomic mass is 15.2. The number of nitrogens with zero attached hydrogens (tertiary/aromatic N) is 2. The third-order valence-electron chi connectivity index (χ3n) is 8.39. The summed E-state index contributed by atoms with van der Waals surface area (Å²) in [5, 5.41) is 0. The van der Waals surface area contributed by atoms with E-state index < -0.39 is 0 Å². The summed E-state index contributed by atoms with van der Waals surface area (Å²) in [6.45, 7) is 15.7. The molecule has 0 spiro atoms. The van der Waals surface area contributed by atoms with Gasteiger partial charge in [0.15, 0.2) is 0 Å². The minimum atomic E-state index is -0.0490. The fourth-order valence-corrected chi connectivity index (χ4v) is 5.95. The van der Waals surface area contributed by atoms with E-state index in [0.717, 1.165) is 5.69 Å². The first-order valence-electron chi connectivity index (χ1n) is 14.6. The van der Waals surface area contributed by atoms with Gasteiger partial charge in [-0.25, -0.2) is 0 Å². The minimum Gasteiger partial charge on any atom is -0.336 e. The average molecular weight is 537 g/mol. The summed E-state index contributed by atoms with van der Waals surface area (Å²) in [6, 6.07) is 42.5. The maximum Gasteiger partial charge on any atom is 0.0464 e. The lowest BCUT2D eigenvalue weighted by Crippen LogP contribution is -2.37. The van der Waals surface area contributed by atoms with Crippen LogP contribution in [0.5, 0.6) is 0 Å². The normalized spacial score (nSPS) is 13.4. The summed E-state index contributed by atoms with van der Waals surface area (Å²) in [6.07, 6.45) is 0. The van der Waals surface area contributed by atoms with Crippen molar-refractivity contribution >= 4 is 28.4 Å². The predicted molar refractivity (Wildman–Crippen MR) is 176 cm³/mol. The molecule has 0 unspecified atom stereocenters. The molecule has 0 saturated carbocycles. The molecule has 0 N–H and O–H groups in total. The number of rotatable bonds is 6. The third kappa shape index (κ3) is 5.15. The Balaban J connectivity index is 1.31. The number of hydrogen-bond acceptors (Lipinski definition) is 2. The summed E-state index contributed by atoms with van der Waals surface area (Å²) >= 11 is 0. The van der Waals surface area contributed by atoms with Crippen LogP contribution < -0.4 is 9.80 Å². The number of hydrogen-bond donors (Lipinski definition) is 0. The zero-order chi connectivity index (χ0) is 28.9. The van der Waals surface area contributed by atoms with Gasteiger partial charge in [0.05, 0.1) is 0 Å². The van der Waals surface area contributed by atoms with Crippen LogP contribution in [0.1, 0.15) is 56.9 Å². The van der Waals surface area contributed by atoms with Crippen molar-refractivity contribution in [2.24, 2.45) is 0 Å². The molecule has 0 fully saturated rings. The van der Waals surface area contributed by atoms with Crippen LogP contribution in [-0.4, -0.2) is 5.54 Å². The number of aryl methyl sites for hydroxylation is 2. The van der Waals surface area contributed by atoms with Crippen LogP contribution in [0.25, 0.3) is 11.1 Å². The Kier molecular flexibility index (Phi) is 6.53. The van der Waals surface area contributed by atoms with Gasteiger partial charge in [-0.05, 0) is 118 Å². The molecular weight excluding hydrogens is 496 g/mol. The second-order valence-electron chi connectivity index (χ2n) is 13.0. The molecule has 0 aromatic heterocycles. The molecule has 0 atom stereocenters. The fraction of sp³-hybridized carbons (Fsp3) is 0.231. The Hall–Kier alpha value is -4.30. The molecule has 0 saturated heterocycles. The fourth-order valence-electron chi connectivity index (χ4n) is 5.95. The van der Waals surface area contributed by atoms with Crippen LogP contribution in [-0.2, 0) is 5.41 Å². The van der Waals surface area contributed by atoms with Gasteiger partial charge >= 0.3 is 0 Å². The van der Waals surface area contributed by atoms with Gasteiger partial charge in [-0.2, -0.15) is 0 Å². The predicted octanol–water partition coefficient (Wildman–Crippen LogP) is 11.0. The van der Waals surface area contributed by atoms with Crippen molar-refractivity contribution in [2.45, 2.75) is 59.4 Å². The lowest BCUT2D eigenvalue weighted by Gasteiger charge is -2.38. The van der Waals surface area contributed by atoms with Crippen molar-refractivity contribution in [3.63, 3.8) is 0 Å². The first kappa shape index (κ1) is 26.9. The van der Waals surface area contributed by atoms with Gasteiger partial charge in [-0.1, -0.05) is 79.6 Å². The van der Waals surface area contributed by atoms with Gasteiger partial charge in [-0.15, -0.1) is 0 Å². The number of fused-ring (bicyclic) bond motifs is 1. The molecule has 2 nitrogen and oxygen atoms in total. The largest absolute Gasteiger partial charge is 0.336 e. The molecule has 5 aromatic carbocycles. The Bertz CT molecular complexity index is 1670. The smallest absolute Gasteiger partial charge is 0.0464 e. The molecule has 1 aliphatic rings. The molecule has 5 aromatic rings. The van der Waals surface area contributed by atoms with Gasteiger partial charge in [0.2, 0.25) is 0 Å². The van der Waals surface area contributed by atoms with E-state index >= 15 is 0 Å². The zero-order valence-corrected chi connectivity index (χ0v) is 25.4. The van der Waals surface area contributed by atoms with Crippen molar-refractivity contribution in [1.29, 1.82) is 0 Å². The summed E-state index contributed by atoms with van der Waals surface area (Å²) in [5.74, 6) is 0. The number of anilines is 5. The van der Waals surface area contributed by atoms with Gasteiger partial charge in [0.1, 0.15) is 0 Å². The Morgan fingerprint density at radius 3 is 1.29 bits per heavy atom. The van der Waals surface area contributed by atoms with Crippen molar-refractivity contribution < 1.29 is 0 Å². The standard InChI is InChI=1S/C39H40N2/c1-27-8-16-31(17-9-27)40(35-24-25-36-37(26-35)39(36,6)7)32-20-12-29(13-21-32)30-14-22-34(23-15-30)41(38(3,4)5)33-18-10-28(2)11-19-33/h8-26H,1-7H3. The van der Waals surface area contributed by atoms with Crippen molar-refractivity contribution in [2.75, 3.05) is 9.80 Å². The van der Waals surface area contributed by atoms with Crippen molar-refractivity contribution in [3.8, 4) is 11.1 Å². The SMILES string of the molecule is Cc1ccc(N(c2ccc(-c3ccc(N(c4ccc(C)cc4)C(C)(C)C)cc3)cc2)c2ccc3c(c2)C3(C)C)cc1. The summed E-state index contributed by atoms with van der Waals surface area (Å²) < 4.78 is 0. The van der Waals surface area contributed by atoms with E-state index in [9.17, 15) is 0 Å². The van der Waals surface area contributed by atoms with Crippen LogP contribution in [0.4, 0.5) is 28.4 Å². The maximum absolute atomic E-state index is 2.41. The van der Waals surface area contributed by atoms with E-state index in [4.69, 9.17) is 0 Å². The summed E-state index contributed by atoms with van der Waals surface area (Å²) in [5.41, 5.74) is 13.9. The lowest BCUT2D eigenvalue weighted by molar-refractivity contribution is 0.560. The van der Waals surface area contributed by atoms with E-state index in [1.165, 1.54) is 56.1 Å². The Morgan fingerprint density at radius 2 is 0.854 bits per heavy atom. The Labute approximate surface area is 245 Å². The molecule has 6 rings (SSSR count). The molecule has 0 heterocycles. The monoisotopic (exact) mass is 536 g/mol. The minimum absolute atomic E-state index is 0.0490. The van der Waals surface area contributed by atoms with Crippen molar-refractivity contribution in [1.82, 2.24) is 0 Å². The van der Waals surface area contributed by atoms with Gasteiger partial charge < -0.3 is 9.80 Å². The third-order valence-corrected chi connectivity index (χ3v) is 8.39. The van der Waals surface area contributed by atoms with Crippen LogP contribution in [0, 0.1) is 13.8 Å². The molecule has 1 aliphatic carbocycles. The second kappa shape index (κ2) is 9.96. The van der Waals surface area contributed by atoms with E-state index in [1.54, 1.807) is 0 Å². The molecule has 41 heavy (non-hydrogen) atoms. The highest BCUT2D eigenvalue weighted by molar-refractivity contribution is 5.81. The molecule has 206 valence electrons. The number of benzene rings is 5. The first-order chi connectivity index (χ1) is 19.5. The highest BCUT2D eigenvalue weighted by Crippen LogP contribution is 2.51. The molecule has 2 heteroatoms. The van der Waals surface area contributed by atoms with Crippen LogP contribution in [0.3, 0.4) is 0 Å². The lowest BCUT2D eigenvalue weighted by atomic mass is 10.0. The van der Waals surface area contributed by atoms with E-state index in [2.05, 4.69) is 174 Å². The van der Waals surface area contributed by atoms with Crippen molar-refractivity contribution in [3.05, 3.63) is 138 Å². The molecule has 0 aliphatic heterocycles. The molecule has 0 radical (unpaired) electrons. The molecular formula is C39H40N2.